The zero-order valence-electron chi connectivity index (χ0n) is 7.23. The first-order chi connectivity index (χ1) is 5.66. The van der Waals surface area contributed by atoms with Gasteiger partial charge in [0.1, 0.15) is 5.78 Å². The van der Waals surface area contributed by atoms with E-state index in [1.807, 2.05) is 0 Å². The van der Waals surface area contributed by atoms with Crippen LogP contribution in [0.2, 0.25) is 0 Å². The molecule has 0 aliphatic rings. The molecule has 12 heavy (non-hydrogen) atoms. The van der Waals surface area contributed by atoms with Gasteiger partial charge in [0, 0.05) is 19.9 Å². The van der Waals surface area contributed by atoms with Crippen molar-refractivity contribution in [3.05, 3.63) is 0 Å². The molecule has 0 heterocycles. The fourth-order valence-corrected chi connectivity index (χ4v) is 1.06. The van der Waals surface area contributed by atoms with Crippen molar-refractivity contribution in [2.45, 2.75) is 26.2 Å². The first kappa shape index (κ1) is 11.6. The van der Waals surface area contributed by atoms with E-state index in [9.17, 15) is 9.59 Å². The van der Waals surface area contributed by atoms with Crippen LogP contribution in [-0.2, 0) is 9.59 Å². The lowest BCUT2D eigenvalue weighted by Gasteiger charge is -2.00. The summed E-state index contributed by atoms with van der Waals surface area (Å²) in [7, 11) is 0. The van der Waals surface area contributed by atoms with E-state index < -0.39 is 0 Å². The number of ketones is 1. The number of Topliss-reactive ketones (excluding diaryl/α,β-unsaturated/α-hetero) is 1. The van der Waals surface area contributed by atoms with Crippen LogP contribution in [0.25, 0.3) is 0 Å². The van der Waals surface area contributed by atoms with Gasteiger partial charge in [-0.3, -0.25) is 9.59 Å². The van der Waals surface area contributed by atoms with Crippen molar-refractivity contribution in [3.8, 4) is 0 Å². The second-order valence-electron chi connectivity index (χ2n) is 2.61. The van der Waals surface area contributed by atoms with Gasteiger partial charge in [0.15, 0.2) is 0 Å². The van der Waals surface area contributed by atoms with Gasteiger partial charge in [0.25, 0.3) is 0 Å². The minimum atomic E-state index is -0.0122. The summed E-state index contributed by atoms with van der Waals surface area (Å²) in [6, 6.07) is 0. The van der Waals surface area contributed by atoms with Crippen LogP contribution < -0.4 is 5.32 Å². The van der Waals surface area contributed by atoms with Crippen LogP contribution in [0, 0.1) is 0 Å². The first-order valence-corrected chi connectivity index (χ1v) is 5.11. The summed E-state index contributed by atoms with van der Waals surface area (Å²) in [4.78, 5) is 21.2. The Morgan fingerprint density at radius 1 is 1.33 bits per heavy atom. The second kappa shape index (κ2) is 7.28. The predicted molar refractivity (Wildman–Crippen MR) is 51.3 cm³/mol. The van der Waals surface area contributed by atoms with Crippen molar-refractivity contribution < 1.29 is 9.59 Å². The van der Waals surface area contributed by atoms with Crippen LogP contribution >= 0.6 is 15.9 Å². The Labute approximate surface area is 81.0 Å². The number of unbranched alkanes of at least 4 members (excludes halogenated alkanes) is 1. The van der Waals surface area contributed by atoms with Crippen LogP contribution in [0.3, 0.4) is 0 Å². The highest BCUT2D eigenvalue weighted by Gasteiger charge is 1.98. The molecule has 0 atom stereocenters. The molecule has 3 nitrogen and oxygen atoms in total. The molecule has 0 rings (SSSR count). The fraction of sp³-hybridized carbons (Fsp3) is 0.750. The molecule has 4 heteroatoms. The molecule has 0 saturated heterocycles. The van der Waals surface area contributed by atoms with Crippen LogP contribution in [-0.4, -0.2) is 23.6 Å². The molecule has 1 N–H and O–H groups in total. The highest BCUT2D eigenvalue weighted by Crippen LogP contribution is 1.97. The standard InChI is InChI=1S/C8H14BrNO2/c1-7(11)10-5-3-2-4-8(12)6-9/h2-6H2,1H3,(H,10,11). The van der Waals surface area contributed by atoms with Gasteiger partial charge in [-0.2, -0.15) is 0 Å². The Morgan fingerprint density at radius 2 is 2.00 bits per heavy atom. The summed E-state index contributed by atoms with van der Waals surface area (Å²) in [5.41, 5.74) is 0. The van der Waals surface area contributed by atoms with Crippen molar-refractivity contribution >= 4 is 27.6 Å². The number of halogens is 1. The second-order valence-corrected chi connectivity index (χ2v) is 3.17. The molecule has 0 bridgehead atoms. The highest BCUT2D eigenvalue weighted by atomic mass is 79.9. The quantitative estimate of drug-likeness (QED) is 0.557. The van der Waals surface area contributed by atoms with Gasteiger partial charge < -0.3 is 5.32 Å². The molecule has 1 amide bonds. The van der Waals surface area contributed by atoms with E-state index >= 15 is 0 Å². The molecule has 0 fully saturated rings. The lowest BCUT2D eigenvalue weighted by atomic mass is 10.2. The predicted octanol–water partition coefficient (Wildman–Crippen LogP) is 1.26. The van der Waals surface area contributed by atoms with Gasteiger partial charge in [-0.05, 0) is 12.8 Å². The molecule has 0 aromatic rings. The van der Waals surface area contributed by atoms with Gasteiger partial charge in [-0.1, -0.05) is 15.9 Å². The zero-order chi connectivity index (χ0) is 9.40. The van der Waals surface area contributed by atoms with E-state index in [-0.39, 0.29) is 11.7 Å². The van der Waals surface area contributed by atoms with Crippen LogP contribution in [0.1, 0.15) is 26.2 Å². The number of hydrogen-bond acceptors (Lipinski definition) is 2. The molecule has 0 aliphatic heterocycles. The molecule has 0 aliphatic carbocycles. The summed E-state index contributed by atoms with van der Waals surface area (Å²) in [6.07, 6.45) is 2.33. The molecular weight excluding hydrogens is 222 g/mol. The average Bonchev–Trinajstić information content (AvgIpc) is 2.03. The van der Waals surface area contributed by atoms with E-state index in [0.717, 1.165) is 12.8 Å². The van der Waals surface area contributed by atoms with Crippen LogP contribution in [0.5, 0.6) is 0 Å². The fourth-order valence-electron chi connectivity index (χ4n) is 0.778. The Morgan fingerprint density at radius 3 is 2.50 bits per heavy atom. The van der Waals surface area contributed by atoms with E-state index in [1.54, 1.807) is 0 Å². The molecular formula is C8H14BrNO2. The maximum absolute atomic E-state index is 10.8. The van der Waals surface area contributed by atoms with E-state index in [4.69, 9.17) is 0 Å². The SMILES string of the molecule is CC(=O)NCCCCC(=O)CBr. The summed E-state index contributed by atoms with van der Waals surface area (Å²) >= 11 is 3.09. The number of carbonyl (C=O) groups is 2. The maximum Gasteiger partial charge on any atom is 0.216 e. The lowest BCUT2D eigenvalue weighted by Crippen LogP contribution is -2.20. The van der Waals surface area contributed by atoms with E-state index in [1.165, 1.54) is 6.92 Å². The topological polar surface area (TPSA) is 46.2 Å². The van der Waals surface area contributed by atoms with Gasteiger partial charge in [0.2, 0.25) is 5.91 Å². The van der Waals surface area contributed by atoms with Crippen LogP contribution in [0.15, 0.2) is 0 Å². The van der Waals surface area contributed by atoms with Crippen molar-refractivity contribution in [1.82, 2.24) is 5.32 Å². The summed E-state index contributed by atoms with van der Waals surface area (Å²) in [6.45, 7) is 2.16. The molecule has 0 aromatic heterocycles. The zero-order valence-corrected chi connectivity index (χ0v) is 8.82. The Bertz CT molecular complexity index is 159. The number of hydrogen-bond donors (Lipinski definition) is 1. The number of rotatable bonds is 6. The van der Waals surface area contributed by atoms with Gasteiger partial charge in [0.05, 0.1) is 5.33 Å². The molecule has 0 unspecified atom stereocenters. The van der Waals surface area contributed by atoms with Gasteiger partial charge >= 0.3 is 0 Å². The van der Waals surface area contributed by atoms with Crippen molar-refractivity contribution in [1.29, 1.82) is 0 Å². The third-order valence-corrected chi connectivity index (χ3v) is 2.03. The molecule has 0 saturated carbocycles. The molecule has 0 spiro atoms. The monoisotopic (exact) mass is 235 g/mol. The number of carbonyl (C=O) groups excluding carboxylic acids is 2. The first-order valence-electron chi connectivity index (χ1n) is 3.99. The van der Waals surface area contributed by atoms with Crippen molar-refractivity contribution in [2.24, 2.45) is 0 Å². The molecule has 70 valence electrons. The van der Waals surface area contributed by atoms with E-state index in [2.05, 4.69) is 21.2 Å². The van der Waals surface area contributed by atoms with Crippen molar-refractivity contribution in [3.63, 3.8) is 0 Å². The molecule has 0 aromatic carbocycles. The average molecular weight is 236 g/mol. The highest BCUT2D eigenvalue weighted by molar-refractivity contribution is 9.09. The summed E-state index contributed by atoms with van der Waals surface area (Å²) < 4.78 is 0. The third kappa shape index (κ3) is 7.72. The Kier molecular flexibility index (Phi) is 7.05. The smallest absolute Gasteiger partial charge is 0.216 e. The number of nitrogens with one attached hydrogen (secondary N) is 1. The number of amides is 1. The summed E-state index contributed by atoms with van der Waals surface area (Å²) in [5.74, 6) is 0.208. The van der Waals surface area contributed by atoms with Gasteiger partial charge in [-0.25, -0.2) is 0 Å². The Balaban J connectivity index is 3.11. The minimum Gasteiger partial charge on any atom is -0.356 e. The normalized spacial score (nSPS) is 9.50. The third-order valence-electron chi connectivity index (χ3n) is 1.41. The number of alkyl halides is 1. The lowest BCUT2D eigenvalue weighted by molar-refractivity contribution is -0.119. The van der Waals surface area contributed by atoms with Crippen LogP contribution in [0.4, 0.5) is 0 Å². The van der Waals surface area contributed by atoms with Gasteiger partial charge in [-0.15, -0.1) is 0 Å². The summed E-state index contributed by atoms with van der Waals surface area (Å²) in [5, 5.41) is 3.11. The largest absolute Gasteiger partial charge is 0.356 e. The van der Waals surface area contributed by atoms with E-state index in [0.29, 0.717) is 18.3 Å². The molecule has 0 radical (unpaired) electrons. The van der Waals surface area contributed by atoms with Crippen molar-refractivity contribution in [2.75, 3.05) is 11.9 Å². The minimum absolute atomic E-state index is 0.0122. The Hall–Kier alpha value is -0.380. The maximum atomic E-state index is 10.8.